The number of hydrogen-bond acceptors (Lipinski definition) is 3. The number of ether oxygens (including phenoxy) is 2. The Morgan fingerprint density at radius 1 is 0.771 bits per heavy atom. The van der Waals surface area contributed by atoms with E-state index in [1.54, 1.807) is 7.11 Å². The van der Waals surface area contributed by atoms with Gasteiger partial charge in [0.1, 0.15) is 5.75 Å². The van der Waals surface area contributed by atoms with Gasteiger partial charge in [0.15, 0.2) is 0 Å². The second kappa shape index (κ2) is 18.0. The average Bonchev–Trinajstić information content (AvgIpc) is 2.89. The van der Waals surface area contributed by atoms with Gasteiger partial charge in [0.25, 0.3) is 0 Å². The first kappa shape index (κ1) is 28.9. The Labute approximate surface area is 214 Å². The van der Waals surface area contributed by atoms with Gasteiger partial charge in [-0.15, -0.1) is 0 Å². The van der Waals surface area contributed by atoms with Gasteiger partial charge in [-0.05, 0) is 67.5 Å². The highest BCUT2D eigenvalue weighted by atomic mass is 16.5. The van der Waals surface area contributed by atoms with Crippen molar-refractivity contribution in [1.82, 2.24) is 0 Å². The zero-order valence-corrected chi connectivity index (χ0v) is 22.5. The van der Waals surface area contributed by atoms with Gasteiger partial charge in [-0.1, -0.05) is 101 Å². The van der Waals surface area contributed by atoms with Crippen LogP contribution >= 0.6 is 0 Å². The summed E-state index contributed by atoms with van der Waals surface area (Å²) in [6.45, 7) is 4.72. The number of esters is 1. The molecule has 0 saturated carbocycles. The fourth-order valence-electron chi connectivity index (χ4n) is 4.42. The molecule has 0 aliphatic rings. The molecule has 0 heterocycles. The molecule has 0 saturated heterocycles. The minimum atomic E-state index is -0.254. The molecule has 0 fully saturated rings. The van der Waals surface area contributed by atoms with E-state index in [-0.39, 0.29) is 11.9 Å². The van der Waals surface area contributed by atoms with E-state index in [1.807, 2.05) is 37.3 Å². The molecule has 0 N–H and O–H groups in total. The molecule has 1 atom stereocenters. The van der Waals surface area contributed by atoms with E-state index >= 15 is 0 Å². The van der Waals surface area contributed by atoms with Crippen molar-refractivity contribution >= 4 is 16.7 Å². The zero-order valence-electron chi connectivity index (χ0n) is 22.5. The van der Waals surface area contributed by atoms with E-state index in [9.17, 15) is 4.79 Å². The summed E-state index contributed by atoms with van der Waals surface area (Å²) >= 11 is 0. The van der Waals surface area contributed by atoms with Gasteiger partial charge in [-0.3, -0.25) is 4.79 Å². The molecule has 35 heavy (non-hydrogen) atoms. The summed E-state index contributed by atoms with van der Waals surface area (Å²) < 4.78 is 10.8. The lowest BCUT2D eigenvalue weighted by Crippen LogP contribution is -2.14. The number of fused-ring (bicyclic) bond motifs is 1. The fourth-order valence-corrected chi connectivity index (χ4v) is 4.42. The predicted molar refractivity (Wildman–Crippen MR) is 149 cm³/mol. The van der Waals surface area contributed by atoms with Crippen LogP contribution in [0.2, 0.25) is 0 Å². The highest BCUT2D eigenvalue weighted by Crippen LogP contribution is 2.26. The van der Waals surface area contributed by atoms with E-state index in [0.717, 1.165) is 34.9 Å². The maximum atomic E-state index is 12.5. The van der Waals surface area contributed by atoms with Crippen LogP contribution in [-0.4, -0.2) is 19.7 Å². The van der Waals surface area contributed by atoms with Crippen LogP contribution in [-0.2, 0) is 9.53 Å². The Morgan fingerprint density at radius 3 is 2.00 bits per heavy atom. The Bertz CT molecular complexity index is 870. The third-order valence-corrected chi connectivity index (χ3v) is 6.83. The first-order chi connectivity index (χ1) is 17.2. The molecule has 194 valence electrons. The van der Waals surface area contributed by atoms with Crippen LogP contribution in [0.3, 0.4) is 0 Å². The van der Waals surface area contributed by atoms with Gasteiger partial charge in [0.2, 0.25) is 0 Å². The minimum absolute atomic E-state index is 0.134. The summed E-state index contributed by atoms with van der Waals surface area (Å²) in [5.41, 5.74) is 0.994. The van der Waals surface area contributed by atoms with Crippen LogP contribution in [0.5, 0.6) is 5.75 Å². The van der Waals surface area contributed by atoms with Crippen molar-refractivity contribution in [3.8, 4) is 5.75 Å². The molecule has 0 unspecified atom stereocenters. The van der Waals surface area contributed by atoms with Crippen molar-refractivity contribution < 1.29 is 14.3 Å². The van der Waals surface area contributed by atoms with Crippen LogP contribution in [0, 0.1) is 0 Å². The molecule has 0 aliphatic heterocycles. The molecule has 0 bridgehead atoms. The van der Waals surface area contributed by atoms with E-state index in [2.05, 4.69) is 25.1 Å². The standard InChI is InChI=1S/C32H48O3/c1-4-5-6-7-8-9-10-11-12-13-14-15-16-17-18-19-24-35-32(33)27(2)28-20-21-30-26-31(34-3)23-22-29(30)25-28/h11-12,20-23,25-27H,4-10,13-19,24H2,1-3H3/b12-11-/t27-/m0/s1. The Morgan fingerprint density at radius 2 is 1.34 bits per heavy atom. The number of methoxy groups -OCH3 is 1. The van der Waals surface area contributed by atoms with Gasteiger partial charge >= 0.3 is 5.97 Å². The van der Waals surface area contributed by atoms with Crippen molar-refractivity contribution in [2.75, 3.05) is 13.7 Å². The highest BCUT2D eigenvalue weighted by Gasteiger charge is 2.17. The van der Waals surface area contributed by atoms with Crippen molar-refractivity contribution in [3.63, 3.8) is 0 Å². The molecule has 2 aromatic carbocycles. The Hall–Kier alpha value is -2.29. The molecule has 2 aromatic rings. The first-order valence-corrected chi connectivity index (χ1v) is 14.0. The molecule has 0 radical (unpaired) electrons. The van der Waals surface area contributed by atoms with Gasteiger partial charge in [-0.25, -0.2) is 0 Å². The van der Waals surface area contributed by atoms with E-state index in [1.165, 1.54) is 77.0 Å². The van der Waals surface area contributed by atoms with Crippen molar-refractivity contribution in [2.24, 2.45) is 0 Å². The maximum absolute atomic E-state index is 12.5. The molecular weight excluding hydrogens is 432 g/mol. The SMILES string of the molecule is CCCCCCCC/C=C\CCCCCCCCOC(=O)[C@@H](C)c1ccc2cc(OC)ccc2c1. The summed E-state index contributed by atoms with van der Waals surface area (Å²) in [4.78, 5) is 12.5. The van der Waals surface area contributed by atoms with Crippen molar-refractivity contribution in [2.45, 2.75) is 110 Å². The molecular formula is C32H48O3. The van der Waals surface area contributed by atoms with Gasteiger partial charge < -0.3 is 9.47 Å². The molecule has 3 nitrogen and oxygen atoms in total. The lowest BCUT2D eigenvalue weighted by Gasteiger charge is -2.13. The van der Waals surface area contributed by atoms with Crippen LogP contribution in [0.25, 0.3) is 10.8 Å². The van der Waals surface area contributed by atoms with E-state index in [4.69, 9.17) is 9.47 Å². The average molecular weight is 481 g/mol. The molecule has 0 amide bonds. The molecule has 2 rings (SSSR count). The van der Waals surface area contributed by atoms with Gasteiger partial charge in [-0.2, -0.15) is 0 Å². The fraction of sp³-hybridized carbons (Fsp3) is 0.594. The van der Waals surface area contributed by atoms with Crippen molar-refractivity contribution in [3.05, 3.63) is 54.1 Å². The van der Waals surface area contributed by atoms with Crippen LogP contribution < -0.4 is 4.74 Å². The minimum Gasteiger partial charge on any atom is -0.497 e. The number of unbranched alkanes of at least 4 members (excludes halogenated alkanes) is 12. The second-order valence-corrected chi connectivity index (χ2v) is 9.80. The summed E-state index contributed by atoms with van der Waals surface area (Å²) in [7, 11) is 1.67. The molecule has 0 spiro atoms. The molecule has 3 heteroatoms. The summed E-state index contributed by atoms with van der Waals surface area (Å²) in [5, 5.41) is 2.22. The Kier molecular flexibility index (Phi) is 14.9. The summed E-state index contributed by atoms with van der Waals surface area (Å²) in [6.07, 6.45) is 22.7. The number of rotatable bonds is 19. The van der Waals surface area contributed by atoms with Crippen LogP contribution in [0.15, 0.2) is 48.6 Å². The van der Waals surface area contributed by atoms with E-state index in [0.29, 0.717) is 6.61 Å². The van der Waals surface area contributed by atoms with Crippen LogP contribution in [0.4, 0.5) is 0 Å². The topological polar surface area (TPSA) is 35.5 Å². The number of carbonyl (C=O) groups is 1. The maximum Gasteiger partial charge on any atom is 0.313 e. The molecule has 0 aromatic heterocycles. The normalized spacial score (nSPS) is 12.3. The van der Waals surface area contributed by atoms with Crippen molar-refractivity contribution in [1.29, 1.82) is 0 Å². The smallest absolute Gasteiger partial charge is 0.313 e. The predicted octanol–water partition coefficient (Wildman–Crippen LogP) is 9.53. The molecule has 0 aliphatic carbocycles. The largest absolute Gasteiger partial charge is 0.497 e. The van der Waals surface area contributed by atoms with Gasteiger partial charge in [0, 0.05) is 0 Å². The third-order valence-electron chi connectivity index (χ3n) is 6.83. The first-order valence-electron chi connectivity index (χ1n) is 14.0. The van der Waals surface area contributed by atoms with Crippen LogP contribution in [0.1, 0.15) is 115 Å². The van der Waals surface area contributed by atoms with Gasteiger partial charge in [0.05, 0.1) is 19.6 Å². The second-order valence-electron chi connectivity index (χ2n) is 9.80. The monoisotopic (exact) mass is 480 g/mol. The number of hydrogen-bond donors (Lipinski definition) is 0. The number of carbonyl (C=O) groups excluding carboxylic acids is 1. The zero-order chi connectivity index (χ0) is 25.1. The quantitative estimate of drug-likeness (QED) is 0.114. The van der Waals surface area contributed by atoms with E-state index < -0.39 is 0 Å². The highest BCUT2D eigenvalue weighted by molar-refractivity contribution is 5.86. The lowest BCUT2D eigenvalue weighted by atomic mass is 9.98. The number of benzene rings is 2. The number of allylic oxidation sites excluding steroid dienone is 2. The summed E-state index contributed by atoms with van der Waals surface area (Å²) in [6, 6.07) is 12.1. The summed E-state index contributed by atoms with van der Waals surface area (Å²) in [5.74, 6) is 0.453. The Balaban J connectivity index is 1.48. The lowest BCUT2D eigenvalue weighted by molar-refractivity contribution is -0.145. The third kappa shape index (κ3) is 11.8.